The van der Waals surface area contributed by atoms with Crippen LogP contribution in [0.4, 0.5) is 0 Å². The van der Waals surface area contributed by atoms with Crippen LogP contribution in [0.25, 0.3) is 0 Å². The average Bonchev–Trinajstić information content (AvgIpc) is 2.35. The van der Waals surface area contributed by atoms with Gasteiger partial charge in [0.15, 0.2) is 0 Å². The molecule has 3 N–H and O–H groups in total. The lowest BCUT2D eigenvalue weighted by Gasteiger charge is -2.27. The maximum atomic E-state index is 6.34. The molecule has 1 saturated heterocycles. The first kappa shape index (κ1) is 13.5. The van der Waals surface area contributed by atoms with Gasteiger partial charge in [-0.15, -0.1) is 0 Å². The summed E-state index contributed by atoms with van der Waals surface area (Å²) in [5.41, 5.74) is 11.5. The highest BCUT2D eigenvalue weighted by Crippen LogP contribution is 2.24. The minimum atomic E-state index is 0.0641. The molecule has 100 valence electrons. The zero-order valence-corrected chi connectivity index (χ0v) is 11.6. The van der Waals surface area contributed by atoms with Crippen LogP contribution in [0.3, 0.4) is 0 Å². The van der Waals surface area contributed by atoms with Crippen LogP contribution in [0.2, 0.25) is 0 Å². The highest BCUT2D eigenvalue weighted by Gasteiger charge is 2.19. The van der Waals surface area contributed by atoms with Crippen molar-refractivity contribution in [2.24, 2.45) is 5.73 Å². The summed E-state index contributed by atoms with van der Waals surface area (Å²) in [6, 6.07) is 4.52. The summed E-state index contributed by atoms with van der Waals surface area (Å²) in [5, 5.41) is 3.35. The minimum absolute atomic E-state index is 0.0641. The van der Waals surface area contributed by atoms with Gasteiger partial charge in [-0.1, -0.05) is 12.1 Å². The molecular weight excluding hydrogens is 224 g/mol. The van der Waals surface area contributed by atoms with E-state index in [2.05, 4.69) is 38.2 Å². The molecular formula is C15H24N2O. The zero-order valence-electron chi connectivity index (χ0n) is 11.6. The van der Waals surface area contributed by atoms with E-state index < -0.39 is 0 Å². The second-order valence-corrected chi connectivity index (χ2v) is 5.33. The van der Waals surface area contributed by atoms with E-state index in [1.54, 1.807) is 0 Å². The van der Waals surface area contributed by atoms with Crippen LogP contribution in [0, 0.1) is 20.8 Å². The number of morpholine rings is 1. The summed E-state index contributed by atoms with van der Waals surface area (Å²) in [6.07, 6.45) is 1.13. The molecule has 0 aliphatic carbocycles. The number of nitrogens with two attached hydrogens (primary N) is 1. The first-order valence-corrected chi connectivity index (χ1v) is 6.73. The molecule has 2 atom stereocenters. The molecule has 1 aromatic rings. The Labute approximate surface area is 110 Å². The monoisotopic (exact) mass is 248 g/mol. The van der Waals surface area contributed by atoms with Gasteiger partial charge in [0, 0.05) is 19.1 Å². The number of benzene rings is 1. The van der Waals surface area contributed by atoms with Gasteiger partial charge in [0.1, 0.15) is 0 Å². The first-order valence-electron chi connectivity index (χ1n) is 6.73. The molecule has 1 fully saturated rings. The third-order valence-corrected chi connectivity index (χ3v) is 3.80. The maximum Gasteiger partial charge on any atom is 0.0718 e. The van der Waals surface area contributed by atoms with Crippen molar-refractivity contribution >= 4 is 0 Å². The van der Waals surface area contributed by atoms with Crippen molar-refractivity contribution in [2.45, 2.75) is 39.3 Å². The number of ether oxygens (including phenoxy) is 1. The Bertz CT molecular complexity index is 411. The largest absolute Gasteiger partial charge is 0.376 e. The Balaban J connectivity index is 2.08. The van der Waals surface area contributed by atoms with Gasteiger partial charge in [-0.25, -0.2) is 0 Å². The molecule has 0 spiro atoms. The van der Waals surface area contributed by atoms with Gasteiger partial charge < -0.3 is 15.8 Å². The van der Waals surface area contributed by atoms with E-state index in [-0.39, 0.29) is 12.1 Å². The van der Waals surface area contributed by atoms with Crippen molar-refractivity contribution in [1.29, 1.82) is 0 Å². The van der Waals surface area contributed by atoms with Crippen LogP contribution in [0.5, 0.6) is 0 Å². The predicted molar refractivity (Wildman–Crippen MR) is 74.8 cm³/mol. The van der Waals surface area contributed by atoms with E-state index in [0.29, 0.717) is 0 Å². The van der Waals surface area contributed by atoms with E-state index in [4.69, 9.17) is 10.5 Å². The van der Waals surface area contributed by atoms with E-state index in [1.165, 1.54) is 22.3 Å². The fourth-order valence-electron chi connectivity index (χ4n) is 2.56. The Morgan fingerprint density at radius 1 is 1.28 bits per heavy atom. The van der Waals surface area contributed by atoms with Crippen molar-refractivity contribution in [3.63, 3.8) is 0 Å². The molecule has 3 heteroatoms. The van der Waals surface area contributed by atoms with Gasteiger partial charge in [0.25, 0.3) is 0 Å². The molecule has 2 rings (SSSR count). The van der Waals surface area contributed by atoms with Gasteiger partial charge in [0.2, 0.25) is 0 Å². The van der Waals surface area contributed by atoms with Crippen LogP contribution in [0.1, 0.15) is 34.7 Å². The summed E-state index contributed by atoms with van der Waals surface area (Å²) in [6.45, 7) is 9.09. The van der Waals surface area contributed by atoms with Crippen LogP contribution in [0.15, 0.2) is 12.1 Å². The van der Waals surface area contributed by atoms with Crippen LogP contribution >= 0.6 is 0 Å². The molecule has 1 aliphatic rings. The number of nitrogens with one attached hydrogen (secondary N) is 1. The summed E-state index contributed by atoms with van der Waals surface area (Å²) >= 11 is 0. The summed E-state index contributed by atoms with van der Waals surface area (Å²) in [7, 11) is 0. The average molecular weight is 248 g/mol. The van der Waals surface area contributed by atoms with Gasteiger partial charge >= 0.3 is 0 Å². The topological polar surface area (TPSA) is 47.3 Å². The molecule has 0 saturated carbocycles. The fourth-order valence-corrected chi connectivity index (χ4v) is 2.56. The second-order valence-electron chi connectivity index (χ2n) is 5.33. The standard InChI is InChI=1S/C15H24N2O/c1-10-6-12(3)14(7-11(10)2)15(16)8-13-9-17-4-5-18-13/h6-7,13,15,17H,4-5,8-9,16H2,1-3H3. The summed E-state index contributed by atoms with van der Waals surface area (Å²) in [5.74, 6) is 0. The molecule has 3 nitrogen and oxygen atoms in total. The highest BCUT2D eigenvalue weighted by atomic mass is 16.5. The Morgan fingerprint density at radius 2 is 2.00 bits per heavy atom. The van der Waals surface area contributed by atoms with Crippen LogP contribution in [-0.4, -0.2) is 25.8 Å². The maximum absolute atomic E-state index is 6.34. The Morgan fingerprint density at radius 3 is 2.67 bits per heavy atom. The van der Waals surface area contributed by atoms with Crippen molar-refractivity contribution in [3.8, 4) is 0 Å². The fraction of sp³-hybridized carbons (Fsp3) is 0.600. The van der Waals surface area contributed by atoms with E-state index in [0.717, 1.165) is 26.1 Å². The highest BCUT2D eigenvalue weighted by molar-refractivity contribution is 5.38. The number of aryl methyl sites for hydroxylation is 3. The van der Waals surface area contributed by atoms with Crippen molar-refractivity contribution in [1.82, 2.24) is 5.32 Å². The Hall–Kier alpha value is -0.900. The summed E-state index contributed by atoms with van der Waals surface area (Å²) < 4.78 is 5.72. The molecule has 0 bridgehead atoms. The molecule has 18 heavy (non-hydrogen) atoms. The van der Waals surface area contributed by atoms with Gasteiger partial charge in [-0.2, -0.15) is 0 Å². The molecule has 1 aliphatic heterocycles. The molecule has 0 amide bonds. The van der Waals surface area contributed by atoms with E-state index >= 15 is 0 Å². The molecule has 0 radical (unpaired) electrons. The zero-order chi connectivity index (χ0) is 13.1. The molecule has 0 aromatic heterocycles. The minimum Gasteiger partial charge on any atom is -0.376 e. The third-order valence-electron chi connectivity index (χ3n) is 3.80. The molecule has 1 aromatic carbocycles. The van der Waals surface area contributed by atoms with Crippen molar-refractivity contribution in [2.75, 3.05) is 19.7 Å². The second kappa shape index (κ2) is 5.83. The van der Waals surface area contributed by atoms with E-state index in [9.17, 15) is 0 Å². The number of rotatable bonds is 3. The quantitative estimate of drug-likeness (QED) is 0.860. The number of hydrogen-bond acceptors (Lipinski definition) is 3. The first-order chi connectivity index (χ1) is 8.58. The van der Waals surface area contributed by atoms with E-state index in [1.807, 2.05) is 0 Å². The lowest BCUT2D eigenvalue weighted by atomic mass is 9.93. The number of hydrogen-bond donors (Lipinski definition) is 2. The molecule has 1 heterocycles. The SMILES string of the molecule is Cc1cc(C)c(C(N)CC2CNCCO2)cc1C. The summed E-state index contributed by atoms with van der Waals surface area (Å²) in [4.78, 5) is 0. The van der Waals surface area contributed by atoms with Crippen LogP contribution < -0.4 is 11.1 Å². The predicted octanol–water partition coefficient (Wildman–Crippen LogP) is 1.99. The van der Waals surface area contributed by atoms with Crippen molar-refractivity contribution < 1.29 is 4.74 Å². The van der Waals surface area contributed by atoms with Gasteiger partial charge in [-0.3, -0.25) is 0 Å². The lowest BCUT2D eigenvalue weighted by Crippen LogP contribution is -2.40. The Kier molecular flexibility index (Phi) is 4.38. The smallest absolute Gasteiger partial charge is 0.0718 e. The van der Waals surface area contributed by atoms with Gasteiger partial charge in [-0.05, 0) is 49.4 Å². The van der Waals surface area contributed by atoms with Crippen molar-refractivity contribution in [3.05, 3.63) is 34.4 Å². The van der Waals surface area contributed by atoms with Gasteiger partial charge in [0.05, 0.1) is 12.7 Å². The van der Waals surface area contributed by atoms with Crippen LogP contribution in [-0.2, 0) is 4.74 Å². The third kappa shape index (κ3) is 3.10. The molecule has 2 unspecified atom stereocenters. The lowest BCUT2D eigenvalue weighted by molar-refractivity contribution is 0.0195. The normalized spacial score (nSPS) is 21.9.